The summed E-state index contributed by atoms with van der Waals surface area (Å²) in [6.45, 7) is 1.55. The Balaban J connectivity index is 2.10. The molecule has 0 bridgehead atoms. The van der Waals surface area contributed by atoms with Gasteiger partial charge in [-0.3, -0.25) is 4.79 Å². The Bertz CT molecular complexity index is 593. The van der Waals surface area contributed by atoms with Crippen LogP contribution in [0.2, 0.25) is 5.02 Å². The van der Waals surface area contributed by atoms with E-state index in [2.05, 4.69) is 5.32 Å². The van der Waals surface area contributed by atoms with Crippen LogP contribution >= 0.6 is 22.9 Å². The van der Waals surface area contributed by atoms with Crippen molar-refractivity contribution in [2.45, 2.75) is 12.5 Å². The molecule has 1 aromatic heterocycles. The van der Waals surface area contributed by atoms with Gasteiger partial charge in [0.2, 0.25) is 0 Å². The van der Waals surface area contributed by atoms with E-state index in [0.29, 0.717) is 0 Å². The van der Waals surface area contributed by atoms with Crippen LogP contribution in [-0.2, 0) is 5.60 Å². The maximum atomic E-state index is 13.6. The first kappa shape index (κ1) is 15.0. The molecule has 2 aromatic rings. The molecule has 0 fully saturated rings. The normalized spacial score (nSPS) is 13.8. The molecule has 1 amide bonds. The molecule has 1 aromatic carbocycles. The van der Waals surface area contributed by atoms with Crippen LogP contribution in [0.1, 0.15) is 22.2 Å². The predicted octanol–water partition coefficient (Wildman–Crippen LogP) is 3.18. The molecule has 2 rings (SSSR count). The van der Waals surface area contributed by atoms with Gasteiger partial charge >= 0.3 is 0 Å². The van der Waals surface area contributed by atoms with Crippen LogP contribution < -0.4 is 5.32 Å². The molecular weight excluding hydrogens is 301 g/mol. The average Bonchev–Trinajstić information content (AvgIpc) is 2.91. The van der Waals surface area contributed by atoms with Gasteiger partial charge in [-0.1, -0.05) is 23.7 Å². The van der Waals surface area contributed by atoms with Gasteiger partial charge in [0.15, 0.2) is 0 Å². The molecule has 106 valence electrons. The lowest BCUT2D eigenvalue weighted by Gasteiger charge is -2.22. The highest BCUT2D eigenvalue weighted by Crippen LogP contribution is 2.25. The van der Waals surface area contributed by atoms with E-state index < -0.39 is 17.3 Å². The second kappa shape index (κ2) is 5.91. The van der Waals surface area contributed by atoms with Gasteiger partial charge in [-0.25, -0.2) is 4.39 Å². The molecule has 2 N–H and O–H groups in total. The fourth-order valence-electron chi connectivity index (χ4n) is 1.73. The van der Waals surface area contributed by atoms with Crippen LogP contribution in [0, 0.1) is 5.82 Å². The molecule has 0 spiro atoms. The van der Waals surface area contributed by atoms with Crippen molar-refractivity contribution in [2.75, 3.05) is 6.54 Å². The van der Waals surface area contributed by atoms with Crippen LogP contribution in [0.15, 0.2) is 35.7 Å². The van der Waals surface area contributed by atoms with Crippen LogP contribution in [0.4, 0.5) is 4.39 Å². The van der Waals surface area contributed by atoms with Gasteiger partial charge in [0.1, 0.15) is 11.4 Å². The fraction of sp³-hybridized carbons (Fsp3) is 0.214. The van der Waals surface area contributed by atoms with Crippen LogP contribution in [0.3, 0.4) is 0 Å². The summed E-state index contributed by atoms with van der Waals surface area (Å²) in [5, 5.41) is 14.7. The molecule has 3 nitrogen and oxygen atoms in total. The molecule has 1 heterocycles. The van der Waals surface area contributed by atoms with Gasteiger partial charge < -0.3 is 10.4 Å². The predicted molar refractivity (Wildman–Crippen MR) is 77.6 cm³/mol. The number of rotatable bonds is 4. The van der Waals surface area contributed by atoms with Gasteiger partial charge in [0.05, 0.1) is 17.1 Å². The minimum atomic E-state index is -1.21. The monoisotopic (exact) mass is 313 g/mol. The lowest BCUT2D eigenvalue weighted by molar-refractivity contribution is 0.0555. The van der Waals surface area contributed by atoms with E-state index in [4.69, 9.17) is 11.6 Å². The van der Waals surface area contributed by atoms with E-state index in [1.807, 2.05) is 11.4 Å². The summed E-state index contributed by atoms with van der Waals surface area (Å²) in [6, 6.07) is 7.61. The highest BCUT2D eigenvalue weighted by molar-refractivity contribution is 7.10. The number of nitrogens with one attached hydrogen (secondary N) is 1. The Morgan fingerprint density at radius 2 is 2.20 bits per heavy atom. The molecule has 1 atom stereocenters. The van der Waals surface area contributed by atoms with E-state index >= 15 is 0 Å². The van der Waals surface area contributed by atoms with E-state index in [1.165, 1.54) is 23.5 Å². The Kier molecular flexibility index (Phi) is 4.42. The summed E-state index contributed by atoms with van der Waals surface area (Å²) < 4.78 is 13.6. The Hall–Kier alpha value is -1.43. The number of amides is 1. The van der Waals surface area contributed by atoms with Crippen molar-refractivity contribution in [1.29, 1.82) is 0 Å². The van der Waals surface area contributed by atoms with E-state index in [0.717, 1.165) is 10.9 Å². The first-order chi connectivity index (χ1) is 9.42. The minimum Gasteiger partial charge on any atom is -0.383 e. The summed E-state index contributed by atoms with van der Waals surface area (Å²) in [4.78, 5) is 12.7. The third-order valence-electron chi connectivity index (χ3n) is 2.83. The third-order valence-corrected chi connectivity index (χ3v) is 4.27. The van der Waals surface area contributed by atoms with Crippen molar-refractivity contribution in [2.24, 2.45) is 0 Å². The molecule has 0 saturated carbocycles. The zero-order chi connectivity index (χ0) is 14.8. The number of halogens is 2. The second-order valence-corrected chi connectivity index (χ2v) is 5.89. The van der Waals surface area contributed by atoms with Crippen LogP contribution in [-0.4, -0.2) is 17.6 Å². The smallest absolute Gasteiger partial charge is 0.255 e. The number of benzene rings is 1. The van der Waals surface area contributed by atoms with E-state index in [-0.39, 0.29) is 17.1 Å². The Morgan fingerprint density at radius 1 is 1.45 bits per heavy atom. The number of carbonyl (C=O) groups excluding carboxylic acids is 1. The first-order valence-electron chi connectivity index (χ1n) is 5.90. The van der Waals surface area contributed by atoms with E-state index in [1.54, 1.807) is 13.0 Å². The molecule has 0 aliphatic carbocycles. The number of hydrogen-bond donors (Lipinski definition) is 2. The second-order valence-electron chi connectivity index (χ2n) is 4.53. The number of aliphatic hydroxyl groups is 1. The van der Waals surface area contributed by atoms with Gasteiger partial charge in [-0.05, 0) is 30.5 Å². The largest absolute Gasteiger partial charge is 0.383 e. The van der Waals surface area contributed by atoms with Gasteiger partial charge in [0.25, 0.3) is 5.91 Å². The zero-order valence-electron chi connectivity index (χ0n) is 10.7. The maximum Gasteiger partial charge on any atom is 0.255 e. The Labute approximate surface area is 125 Å². The van der Waals surface area contributed by atoms with Crippen molar-refractivity contribution in [3.8, 4) is 0 Å². The summed E-state index contributed by atoms with van der Waals surface area (Å²) in [5.74, 6) is -1.34. The highest BCUT2D eigenvalue weighted by Gasteiger charge is 2.26. The summed E-state index contributed by atoms with van der Waals surface area (Å²) in [5.41, 5.74) is -1.42. The molecule has 20 heavy (non-hydrogen) atoms. The molecule has 0 radical (unpaired) electrons. The summed E-state index contributed by atoms with van der Waals surface area (Å²) in [7, 11) is 0. The van der Waals surface area contributed by atoms with Crippen LogP contribution in [0.25, 0.3) is 0 Å². The molecule has 0 saturated heterocycles. The SMILES string of the molecule is CC(O)(CNC(=O)c1c(F)cccc1Cl)c1cccs1. The third kappa shape index (κ3) is 3.17. The maximum absolute atomic E-state index is 13.6. The lowest BCUT2D eigenvalue weighted by atomic mass is 10.0. The quantitative estimate of drug-likeness (QED) is 0.911. The number of carbonyl (C=O) groups is 1. The van der Waals surface area contributed by atoms with Gasteiger partial charge in [0, 0.05) is 4.88 Å². The van der Waals surface area contributed by atoms with Crippen molar-refractivity contribution in [3.63, 3.8) is 0 Å². The number of thiophene rings is 1. The number of hydrogen-bond acceptors (Lipinski definition) is 3. The topological polar surface area (TPSA) is 49.3 Å². The van der Waals surface area contributed by atoms with Crippen molar-refractivity contribution in [3.05, 3.63) is 57.0 Å². The average molecular weight is 314 g/mol. The molecule has 0 aliphatic heterocycles. The van der Waals surface area contributed by atoms with Crippen molar-refractivity contribution in [1.82, 2.24) is 5.32 Å². The van der Waals surface area contributed by atoms with Gasteiger partial charge in [-0.15, -0.1) is 11.3 Å². The molecule has 6 heteroatoms. The Morgan fingerprint density at radius 3 is 2.80 bits per heavy atom. The zero-order valence-corrected chi connectivity index (χ0v) is 12.3. The minimum absolute atomic E-state index is 0.0307. The standard InChI is InChI=1S/C14H13ClFNO2S/c1-14(19,11-6-3-7-20-11)8-17-13(18)12-9(15)4-2-5-10(12)16/h2-7,19H,8H2,1H3,(H,17,18). The lowest BCUT2D eigenvalue weighted by Crippen LogP contribution is -2.38. The molecule has 0 aliphatic rings. The van der Waals surface area contributed by atoms with Gasteiger partial charge in [-0.2, -0.15) is 0 Å². The summed E-state index contributed by atoms with van der Waals surface area (Å²) in [6.07, 6.45) is 0. The fourth-order valence-corrected chi connectivity index (χ4v) is 2.76. The highest BCUT2D eigenvalue weighted by atomic mass is 35.5. The van der Waals surface area contributed by atoms with Crippen molar-refractivity contribution < 1.29 is 14.3 Å². The first-order valence-corrected chi connectivity index (χ1v) is 7.16. The van der Waals surface area contributed by atoms with Crippen molar-refractivity contribution >= 4 is 28.8 Å². The van der Waals surface area contributed by atoms with Crippen LogP contribution in [0.5, 0.6) is 0 Å². The molecular formula is C14H13ClFNO2S. The van der Waals surface area contributed by atoms with E-state index in [9.17, 15) is 14.3 Å². The molecule has 1 unspecified atom stereocenters. The summed E-state index contributed by atoms with van der Waals surface area (Å²) >= 11 is 7.19.